The molecule has 1 atom stereocenters. The van der Waals surface area contributed by atoms with E-state index in [2.05, 4.69) is 34.5 Å². The molecule has 0 unspecified atom stereocenters. The third kappa shape index (κ3) is 4.18. The van der Waals surface area contributed by atoms with Gasteiger partial charge in [-0.15, -0.1) is 0 Å². The predicted molar refractivity (Wildman–Crippen MR) is 128 cm³/mol. The minimum absolute atomic E-state index is 0.00408. The Kier molecular flexibility index (Phi) is 6.21. The van der Waals surface area contributed by atoms with Gasteiger partial charge in [0.25, 0.3) is 0 Å². The van der Waals surface area contributed by atoms with Gasteiger partial charge in [0.1, 0.15) is 6.04 Å². The molecule has 1 aliphatic carbocycles. The van der Waals surface area contributed by atoms with Crippen LogP contribution in [0.2, 0.25) is 0 Å². The summed E-state index contributed by atoms with van der Waals surface area (Å²) in [5.41, 5.74) is 5.24. The van der Waals surface area contributed by atoms with Crippen molar-refractivity contribution in [1.29, 1.82) is 0 Å². The fourth-order valence-electron chi connectivity index (χ4n) is 6.06. The van der Waals surface area contributed by atoms with Crippen LogP contribution < -0.4 is 10.2 Å². The third-order valence-electron chi connectivity index (χ3n) is 7.88. The number of carbonyl (C=O) groups is 2. The highest BCUT2D eigenvalue weighted by molar-refractivity contribution is 6.03. The molecule has 5 rings (SSSR count). The summed E-state index contributed by atoms with van der Waals surface area (Å²) in [6.45, 7) is 2.84. The van der Waals surface area contributed by atoms with Gasteiger partial charge in [0.05, 0.1) is 6.61 Å². The maximum Gasteiger partial charge on any atom is 0.243 e. The molecule has 174 valence electrons. The molecular formula is C27H33N3O3. The van der Waals surface area contributed by atoms with Gasteiger partial charge in [-0.3, -0.25) is 14.5 Å². The van der Waals surface area contributed by atoms with E-state index >= 15 is 0 Å². The average Bonchev–Trinajstić information content (AvgIpc) is 3.41. The van der Waals surface area contributed by atoms with Crippen molar-refractivity contribution in [3.63, 3.8) is 0 Å². The van der Waals surface area contributed by atoms with E-state index in [0.717, 1.165) is 43.7 Å². The summed E-state index contributed by atoms with van der Waals surface area (Å²) in [5.74, 6) is -0.205. The lowest BCUT2D eigenvalue weighted by atomic mass is 9.74. The summed E-state index contributed by atoms with van der Waals surface area (Å²) in [5, 5.41) is 11.8. The van der Waals surface area contributed by atoms with Crippen LogP contribution in [0.4, 0.5) is 5.69 Å². The second kappa shape index (κ2) is 9.27. The van der Waals surface area contributed by atoms with Crippen LogP contribution in [-0.4, -0.2) is 60.6 Å². The Labute approximate surface area is 195 Å². The minimum atomic E-state index is -0.541. The van der Waals surface area contributed by atoms with Crippen molar-refractivity contribution in [3.8, 4) is 0 Å². The van der Waals surface area contributed by atoms with Crippen LogP contribution in [-0.2, 0) is 27.8 Å². The Morgan fingerprint density at radius 3 is 2.52 bits per heavy atom. The number of fused-ring (bicyclic) bond motifs is 3. The number of piperidine rings is 1. The van der Waals surface area contributed by atoms with Gasteiger partial charge in [-0.25, -0.2) is 0 Å². The number of hydrogen-bond acceptors (Lipinski definition) is 4. The van der Waals surface area contributed by atoms with Gasteiger partial charge in [0.15, 0.2) is 0 Å². The van der Waals surface area contributed by atoms with Gasteiger partial charge in [-0.05, 0) is 66.9 Å². The van der Waals surface area contributed by atoms with Gasteiger partial charge in [0, 0.05) is 31.6 Å². The smallest absolute Gasteiger partial charge is 0.243 e. The number of para-hydroxylation sites is 1. The lowest BCUT2D eigenvalue weighted by molar-refractivity contribution is -0.126. The molecule has 0 aromatic heterocycles. The third-order valence-corrected chi connectivity index (χ3v) is 7.88. The first kappa shape index (κ1) is 22.1. The van der Waals surface area contributed by atoms with Gasteiger partial charge in [0.2, 0.25) is 11.8 Å². The Bertz CT molecular complexity index is 1030. The first-order chi connectivity index (χ1) is 16.1. The normalized spacial score (nSPS) is 21.1. The molecule has 0 radical (unpaired) electrons. The number of likely N-dealkylation sites (tertiary alicyclic amines) is 1. The zero-order chi connectivity index (χ0) is 22.8. The zero-order valence-electron chi connectivity index (χ0n) is 19.1. The van der Waals surface area contributed by atoms with Crippen molar-refractivity contribution in [2.24, 2.45) is 0 Å². The molecule has 6 nitrogen and oxygen atoms in total. The van der Waals surface area contributed by atoms with Crippen LogP contribution >= 0.6 is 0 Å². The van der Waals surface area contributed by atoms with Gasteiger partial charge in [-0.2, -0.15) is 0 Å². The lowest BCUT2D eigenvalue weighted by Crippen LogP contribution is -2.49. The van der Waals surface area contributed by atoms with Gasteiger partial charge >= 0.3 is 0 Å². The Morgan fingerprint density at radius 2 is 1.73 bits per heavy atom. The lowest BCUT2D eigenvalue weighted by Gasteiger charge is -2.40. The maximum atomic E-state index is 13.3. The fourth-order valence-corrected chi connectivity index (χ4v) is 6.06. The molecule has 1 fully saturated rings. The van der Waals surface area contributed by atoms with E-state index in [1.54, 1.807) is 10.5 Å². The van der Waals surface area contributed by atoms with Crippen LogP contribution in [0.1, 0.15) is 42.4 Å². The first-order valence-electron chi connectivity index (χ1n) is 12.2. The van der Waals surface area contributed by atoms with Crippen molar-refractivity contribution in [2.75, 3.05) is 37.7 Å². The van der Waals surface area contributed by atoms with Crippen molar-refractivity contribution in [3.05, 3.63) is 65.2 Å². The minimum Gasteiger partial charge on any atom is -0.395 e. The predicted octanol–water partition coefficient (Wildman–Crippen LogP) is 2.42. The van der Waals surface area contributed by atoms with Crippen molar-refractivity contribution in [1.82, 2.24) is 10.2 Å². The first-order valence-corrected chi connectivity index (χ1v) is 12.2. The molecule has 0 saturated carbocycles. The Hall–Kier alpha value is -2.70. The van der Waals surface area contributed by atoms with E-state index in [1.165, 1.54) is 18.4 Å². The van der Waals surface area contributed by atoms with Crippen molar-refractivity contribution < 1.29 is 14.7 Å². The van der Waals surface area contributed by atoms with Crippen LogP contribution in [0.15, 0.2) is 48.5 Å². The molecular weight excluding hydrogens is 414 g/mol. The number of carbonyl (C=O) groups excluding carboxylic acids is 2. The number of aliphatic hydroxyl groups is 1. The summed E-state index contributed by atoms with van der Waals surface area (Å²) in [4.78, 5) is 30.1. The molecule has 6 heteroatoms. The highest BCUT2D eigenvalue weighted by atomic mass is 16.3. The van der Waals surface area contributed by atoms with Crippen LogP contribution in [0.5, 0.6) is 0 Å². The topological polar surface area (TPSA) is 72.9 Å². The summed E-state index contributed by atoms with van der Waals surface area (Å²) in [6.07, 6.45) is 5.65. The summed E-state index contributed by atoms with van der Waals surface area (Å²) < 4.78 is 0. The number of nitrogens with one attached hydrogen (secondary N) is 1. The SMILES string of the molecule is O=C(NCCO)[C@@H]1Cc2ccccc2N1C(=O)CCN1CCC2(CCc3ccccc32)CC1. The van der Waals surface area contributed by atoms with Gasteiger partial charge < -0.3 is 15.3 Å². The molecule has 2 aromatic carbocycles. The highest BCUT2D eigenvalue weighted by Gasteiger charge is 2.41. The van der Waals surface area contributed by atoms with Crippen LogP contribution in [0.25, 0.3) is 0 Å². The number of nitrogens with zero attached hydrogens (tertiary/aromatic N) is 2. The average molecular weight is 448 g/mol. The molecule has 1 spiro atoms. The monoisotopic (exact) mass is 447 g/mol. The fraction of sp³-hybridized carbons (Fsp3) is 0.481. The second-order valence-electron chi connectivity index (χ2n) is 9.66. The largest absolute Gasteiger partial charge is 0.395 e. The van der Waals surface area contributed by atoms with Crippen LogP contribution in [0.3, 0.4) is 0 Å². The maximum absolute atomic E-state index is 13.3. The molecule has 33 heavy (non-hydrogen) atoms. The Morgan fingerprint density at radius 1 is 1.00 bits per heavy atom. The molecule has 2 aliphatic heterocycles. The standard InChI is InChI=1S/C27H33N3O3/c31-18-14-28-26(33)24-19-21-6-2-4-8-23(21)30(24)25(32)10-15-29-16-12-27(13-17-29)11-9-20-5-1-3-7-22(20)27/h1-8,24,31H,9-19H2,(H,28,33)/t24-/m0/s1. The van der Waals surface area contributed by atoms with Crippen molar-refractivity contribution >= 4 is 17.5 Å². The van der Waals surface area contributed by atoms with E-state index in [4.69, 9.17) is 5.11 Å². The summed E-state index contributed by atoms with van der Waals surface area (Å²) in [7, 11) is 0. The molecule has 1 saturated heterocycles. The van der Waals surface area contributed by atoms with E-state index in [1.807, 2.05) is 24.3 Å². The summed E-state index contributed by atoms with van der Waals surface area (Å²) >= 11 is 0. The second-order valence-corrected chi connectivity index (χ2v) is 9.66. The van der Waals surface area contributed by atoms with E-state index < -0.39 is 6.04 Å². The number of hydrogen-bond donors (Lipinski definition) is 2. The van der Waals surface area contributed by atoms with E-state index in [9.17, 15) is 9.59 Å². The molecule has 0 bridgehead atoms. The number of benzene rings is 2. The number of rotatable bonds is 6. The van der Waals surface area contributed by atoms with Gasteiger partial charge in [-0.1, -0.05) is 42.5 Å². The van der Waals surface area contributed by atoms with E-state index in [0.29, 0.717) is 18.3 Å². The Balaban J connectivity index is 1.21. The zero-order valence-corrected chi connectivity index (χ0v) is 19.1. The van der Waals surface area contributed by atoms with Crippen LogP contribution in [0, 0.1) is 0 Å². The number of aryl methyl sites for hydroxylation is 1. The molecule has 2 N–H and O–H groups in total. The quantitative estimate of drug-likeness (QED) is 0.714. The number of aliphatic hydroxyl groups excluding tert-OH is 1. The number of amides is 2. The molecule has 2 heterocycles. The molecule has 2 amide bonds. The number of anilines is 1. The van der Waals surface area contributed by atoms with E-state index in [-0.39, 0.29) is 25.0 Å². The van der Waals surface area contributed by atoms with Crippen molar-refractivity contribution in [2.45, 2.75) is 50.0 Å². The summed E-state index contributed by atoms with van der Waals surface area (Å²) in [6, 6.07) is 16.1. The molecule has 2 aromatic rings. The highest BCUT2D eigenvalue weighted by Crippen LogP contribution is 2.46. The molecule has 3 aliphatic rings.